The lowest BCUT2D eigenvalue weighted by Gasteiger charge is -2.27. The van der Waals surface area contributed by atoms with E-state index in [1.165, 1.54) is 25.8 Å². The second-order valence-corrected chi connectivity index (χ2v) is 8.07. The highest BCUT2D eigenvalue weighted by Crippen LogP contribution is 2.29. The van der Waals surface area contributed by atoms with Crippen molar-refractivity contribution in [2.75, 3.05) is 13.1 Å². The second kappa shape index (κ2) is 5.72. The monoisotopic (exact) mass is 329 g/mol. The first-order valence-corrected chi connectivity index (χ1v) is 9.43. The topological polar surface area (TPSA) is 29.0 Å². The van der Waals surface area contributed by atoms with Gasteiger partial charge in [-0.05, 0) is 38.0 Å². The van der Waals surface area contributed by atoms with Crippen LogP contribution in [0.1, 0.15) is 34.1 Å². The molecule has 1 aliphatic heterocycles. The predicted octanol–water partition coefficient (Wildman–Crippen LogP) is 4.22. The summed E-state index contributed by atoms with van der Waals surface area (Å²) in [6, 6.07) is 7.15. The maximum Gasteiger partial charge on any atom is 0.0900 e. The highest BCUT2D eigenvalue weighted by Gasteiger charge is 2.22. The van der Waals surface area contributed by atoms with Crippen molar-refractivity contribution in [3.05, 3.63) is 44.9 Å². The molecule has 1 unspecified atom stereocenters. The van der Waals surface area contributed by atoms with Gasteiger partial charge >= 0.3 is 0 Å². The molecule has 3 nitrogen and oxygen atoms in total. The summed E-state index contributed by atoms with van der Waals surface area (Å²) in [5.74, 6) is 0. The van der Waals surface area contributed by atoms with Crippen LogP contribution in [0.15, 0.2) is 23.7 Å². The molecule has 0 spiro atoms. The summed E-state index contributed by atoms with van der Waals surface area (Å²) in [4.78, 5) is 13.2. The fourth-order valence-electron chi connectivity index (χ4n) is 3.24. The number of hydrogen-bond donors (Lipinski definition) is 0. The molecule has 1 aliphatic rings. The van der Waals surface area contributed by atoms with E-state index in [9.17, 15) is 0 Å². The fourth-order valence-corrected chi connectivity index (χ4v) is 4.87. The van der Waals surface area contributed by atoms with Gasteiger partial charge in [0.15, 0.2) is 0 Å². The first-order chi connectivity index (χ1) is 10.7. The van der Waals surface area contributed by atoms with Gasteiger partial charge in [0, 0.05) is 30.4 Å². The molecule has 1 aromatic carbocycles. The van der Waals surface area contributed by atoms with Crippen molar-refractivity contribution in [1.82, 2.24) is 14.9 Å². The van der Waals surface area contributed by atoms with Gasteiger partial charge in [-0.2, -0.15) is 0 Å². The first kappa shape index (κ1) is 14.3. The second-order valence-electron chi connectivity index (χ2n) is 5.89. The maximum atomic E-state index is 4.69. The molecule has 2 aromatic heterocycles. The van der Waals surface area contributed by atoms with Gasteiger partial charge in [-0.15, -0.1) is 22.7 Å². The number of aryl methyl sites for hydroxylation is 1. The van der Waals surface area contributed by atoms with Crippen LogP contribution < -0.4 is 0 Å². The summed E-state index contributed by atoms with van der Waals surface area (Å²) in [6.45, 7) is 6.63. The summed E-state index contributed by atoms with van der Waals surface area (Å²) in [7, 11) is 0. The van der Waals surface area contributed by atoms with Crippen molar-refractivity contribution < 1.29 is 0 Å². The number of hydrogen-bond acceptors (Lipinski definition) is 5. The largest absolute Gasteiger partial charge is 0.296 e. The van der Waals surface area contributed by atoms with E-state index >= 15 is 0 Å². The van der Waals surface area contributed by atoms with Crippen molar-refractivity contribution in [1.29, 1.82) is 0 Å². The van der Waals surface area contributed by atoms with E-state index in [0.717, 1.165) is 31.4 Å². The molecule has 5 heteroatoms. The third-order valence-electron chi connectivity index (χ3n) is 4.53. The average Bonchev–Trinajstić information content (AvgIpc) is 3.07. The molecule has 0 saturated heterocycles. The van der Waals surface area contributed by atoms with Crippen LogP contribution >= 0.6 is 22.7 Å². The van der Waals surface area contributed by atoms with E-state index < -0.39 is 0 Å². The zero-order chi connectivity index (χ0) is 15.1. The fraction of sp³-hybridized carbons (Fsp3) is 0.412. The zero-order valence-corrected chi connectivity index (χ0v) is 14.5. The summed E-state index contributed by atoms with van der Waals surface area (Å²) in [5.41, 5.74) is 5.75. The summed E-state index contributed by atoms with van der Waals surface area (Å²) < 4.78 is 1.27. The van der Waals surface area contributed by atoms with Crippen molar-refractivity contribution in [3.63, 3.8) is 0 Å². The average molecular weight is 329 g/mol. The van der Waals surface area contributed by atoms with Crippen LogP contribution in [0.2, 0.25) is 0 Å². The number of nitrogens with zero attached hydrogens (tertiary/aromatic N) is 3. The maximum absolute atomic E-state index is 4.69. The molecule has 0 aliphatic carbocycles. The molecule has 22 heavy (non-hydrogen) atoms. The van der Waals surface area contributed by atoms with Crippen molar-refractivity contribution in [3.8, 4) is 0 Å². The van der Waals surface area contributed by atoms with Crippen LogP contribution in [0, 0.1) is 6.92 Å². The molecule has 1 atom stereocenters. The molecular formula is C17H19N3S2. The molecule has 4 rings (SSSR count). The molecular weight excluding hydrogens is 310 g/mol. The first-order valence-electron chi connectivity index (χ1n) is 7.73. The minimum absolute atomic E-state index is 0.432. The van der Waals surface area contributed by atoms with Gasteiger partial charge in [-0.3, -0.25) is 4.90 Å². The predicted molar refractivity (Wildman–Crippen MR) is 93.9 cm³/mol. The van der Waals surface area contributed by atoms with Gasteiger partial charge in [-0.1, -0.05) is 6.07 Å². The Morgan fingerprint density at radius 3 is 3.00 bits per heavy atom. The number of thiazole rings is 2. The lowest BCUT2D eigenvalue weighted by Crippen LogP contribution is -2.29. The Morgan fingerprint density at radius 1 is 1.23 bits per heavy atom. The van der Waals surface area contributed by atoms with Gasteiger partial charge in [0.1, 0.15) is 0 Å². The van der Waals surface area contributed by atoms with Gasteiger partial charge < -0.3 is 0 Å². The smallest absolute Gasteiger partial charge is 0.0900 e. The van der Waals surface area contributed by atoms with Gasteiger partial charge in [-0.25, -0.2) is 9.97 Å². The van der Waals surface area contributed by atoms with Crippen LogP contribution in [-0.4, -0.2) is 28.0 Å². The van der Waals surface area contributed by atoms with Gasteiger partial charge in [0.05, 0.1) is 26.4 Å². The Hall–Kier alpha value is -1.30. The van der Waals surface area contributed by atoms with E-state index in [4.69, 9.17) is 4.98 Å². The number of aromatic nitrogens is 2. The third kappa shape index (κ3) is 2.57. The molecule has 0 fully saturated rings. The van der Waals surface area contributed by atoms with E-state index in [1.54, 1.807) is 11.3 Å². The van der Waals surface area contributed by atoms with Crippen molar-refractivity contribution >= 4 is 32.9 Å². The zero-order valence-electron chi connectivity index (χ0n) is 12.9. The Balaban J connectivity index is 1.55. The van der Waals surface area contributed by atoms with E-state index in [0.29, 0.717) is 6.04 Å². The summed E-state index contributed by atoms with van der Waals surface area (Å²) in [6.07, 6.45) is 2.20. The van der Waals surface area contributed by atoms with Crippen molar-refractivity contribution in [2.45, 2.75) is 32.7 Å². The van der Waals surface area contributed by atoms with E-state index in [1.807, 2.05) is 16.8 Å². The normalized spacial score (nSPS) is 17.4. The van der Waals surface area contributed by atoms with Crippen LogP contribution in [-0.2, 0) is 12.8 Å². The Bertz CT molecular complexity index is 780. The SMILES string of the molecule is Cc1nc2c(s1)CCN(C(C)c1ccc3scnc3c1)CC2. The van der Waals surface area contributed by atoms with Crippen molar-refractivity contribution in [2.24, 2.45) is 0 Å². The molecule has 3 aromatic rings. The highest BCUT2D eigenvalue weighted by molar-refractivity contribution is 7.16. The molecule has 0 bridgehead atoms. The number of rotatable bonds is 2. The van der Waals surface area contributed by atoms with E-state index in [-0.39, 0.29) is 0 Å². The number of fused-ring (bicyclic) bond motifs is 2. The Labute approximate surface area is 138 Å². The number of benzene rings is 1. The molecule has 0 radical (unpaired) electrons. The molecule has 3 heterocycles. The van der Waals surface area contributed by atoms with E-state index in [2.05, 4.69) is 41.9 Å². The molecule has 0 amide bonds. The standard InChI is InChI=1S/C17H19N3S2/c1-11(13-3-4-16-15(9-13)18-10-21-16)20-7-5-14-17(6-8-20)22-12(2)19-14/h3-4,9-11H,5-8H2,1-2H3. The van der Waals surface area contributed by atoms with Gasteiger partial charge in [0.2, 0.25) is 0 Å². The third-order valence-corrected chi connectivity index (χ3v) is 6.41. The molecule has 114 valence electrons. The van der Waals surface area contributed by atoms with Crippen LogP contribution in [0.3, 0.4) is 0 Å². The lowest BCUT2D eigenvalue weighted by atomic mass is 10.1. The van der Waals surface area contributed by atoms with Crippen LogP contribution in [0.25, 0.3) is 10.2 Å². The van der Waals surface area contributed by atoms with Crippen LogP contribution in [0.5, 0.6) is 0 Å². The Morgan fingerprint density at radius 2 is 2.09 bits per heavy atom. The quantitative estimate of drug-likeness (QED) is 0.705. The molecule has 0 N–H and O–H groups in total. The minimum Gasteiger partial charge on any atom is -0.296 e. The van der Waals surface area contributed by atoms with Crippen LogP contribution in [0.4, 0.5) is 0 Å². The van der Waals surface area contributed by atoms with Gasteiger partial charge in [0.25, 0.3) is 0 Å². The lowest BCUT2D eigenvalue weighted by molar-refractivity contribution is 0.221. The highest BCUT2D eigenvalue weighted by atomic mass is 32.1. The summed E-state index contributed by atoms with van der Waals surface area (Å²) in [5, 5.41) is 1.21. The molecule has 0 saturated carbocycles. The Kier molecular flexibility index (Phi) is 3.72. The summed E-state index contributed by atoms with van der Waals surface area (Å²) >= 11 is 3.58. The minimum atomic E-state index is 0.432.